The highest BCUT2D eigenvalue weighted by atomic mass is 14.8. The zero-order chi connectivity index (χ0) is 43.8. The van der Waals surface area contributed by atoms with Gasteiger partial charge >= 0.3 is 0 Å². The summed E-state index contributed by atoms with van der Waals surface area (Å²) in [5, 5.41) is 0. The van der Waals surface area contributed by atoms with E-state index in [1.54, 1.807) is 0 Å². The van der Waals surface area contributed by atoms with Crippen molar-refractivity contribution in [3.63, 3.8) is 0 Å². The molecule has 0 bridgehead atoms. The number of rotatable bonds is 4. The van der Waals surface area contributed by atoms with Gasteiger partial charge in [-0.2, -0.15) is 0 Å². The van der Waals surface area contributed by atoms with Gasteiger partial charge in [0.25, 0.3) is 0 Å². The van der Waals surface area contributed by atoms with Gasteiger partial charge in [-0.3, -0.25) is 0 Å². The van der Waals surface area contributed by atoms with Crippen molar-refractivity contribution in [1.29, 1.82) is 0 Å². The van der Waals surface area contributed by atoms with Crippen molar-refractivity contribution < 1.29 is 0 Å². The molecular weight excluding hydrogens is 761 g/mol. The van der Waals surface area contributed by atoms with E-state index in [4.69, 9.17) is 9.97 Å². The van der Waals surface area contributed by atoms with Crippen LogP contribution in [0.1, 0.15) is 131 Å². The minimum atomic E-state index is -0.635. The van der Waals surface area contributed by atoms with Gasteiger partial charge in [-0.25, -0.2) is 9.97 Å². The summed E-state index contributed by atoms with van der Waals surface area (Å²) < 4.78 is 0. The van der Waals surface area contributed by atoms with Crippen LogP contribution in [0.5, 0.6) is 0 Å². The monoisotopic (exact) mass is 818 g/mol. The van der Waals surface area contributed by atoms with Crippen LogP contribution in [0.25, 0.3) is 45.0 Å². The van der Waals surface area contributed by atoms with Gasteiger partial charge in [0.15, 0.2) is 0 Å². The smallest absolute Gasteiger partial charge is 0.0945 e. The van der Waals surface area contributed by atoms with Crippen LogP contribution in [0.4, 0.5) is 0 Å². The van der Waals surface area contributed by atoms with Gasteiger partial charge in [-0.1, -0.05) is 203 Å². The van der Waals surface area contributed by atoms with Crippen LogP contribution in [0.15, 0.2) is 158 Å². The van der Waals surface area contributed by atoms with E-state index in [1.165, 1.54) is 66.8 Å². The third kappa shape index (κ3) is 5.76. The van der Waals surface area contributed by atoms with E-state index in [0.29, 0.717) is 11.8 Å². The summed E-state index contributed by atoms with van der Waals surface area (Å²) in [6.45, 7) is 23.3. The van der Waals surface area contributed by atoms with Crippen LogP contribution in [0.3, 0.4) is 0 Å². The Morgan fingerprint density at radius 1 is 0.460 bits per heavy atom. The van der Waals surface area contributed by atoms with Crippen molar-refractivity contribution >= 4 is 0 Å². The van der Waals surface area contributed by atoms with Crippen LogP contribution < -0.4 is 0 Å². The number of hydrogen-bond acceptors (Lipinski definition) is 2. The molecule has 2 unspecified atom stereocenters. The van der Waals surface area contributed by atoms with Gasteiger partial charge in [0.05, 0.1) is 28.2 Å². The Bertz CT molecular complexity index is 3010. The maximum atomic E-state index is 5.74. The van der Waals surface area contributed by atoms with Crippen molar-refractivity contribution in [2.45, 2.75) is 102 Å². The maximum Gasteiger partial charge on any atom is 0.0945 e. The normalized spacial score (nSPS) is 19.2. The Balaban J connectivity index is 1.14. The van der Waals surface area contributed by atoms with E-state index in [0.717, 1.165) is 33.9 Å². The van der Waals surface area contributed by atoms with Gasteiger partial charge in [-0.05, 0) is 113 Å². The molecule has 0 N–H and O–H groups in total. The summed E-state index contributed by atoms with van der Waals surface area (Å²) in [7, 11) is 0. The minimum Gasteiger partial charge on any atom is -0.246 e. The number of hydrogen-bond donors (Lipinski definition) is 0. The zero-order valence-electron chi connectivity index (χ0n) is 38.6. The molecule has 4 aliphatic carbocycles. The molecule has 4 aliphatic rings. The van der Waals surface area contributed by atoms with Gasteiger partial charge < -0.3 is 0 Å². The Kier molecular flexibility index (Phi) is 8.47. The predicted molar refractivity (Wildman–Crippen MR) is 263 cm³/mol. The second-order valence-corrected chi connectivity index (χ2v) is 21.9. The van der Waals surface area contributed by atoms with E-state index in [-0.39, 0.29) is 21.7 Å². The highest BCUT2D eigenvalue weighted by Crippen LogP contribution is 2.58. The van der Waals surface area contributed by atoms with Crippen LogP contribution in [-0.4, -0.2) is 9.97 Å². The number of allylic oxidation sites excluding steroid dienone is 4. The van der Waals surface area contributed by atoms with Crippen LogP contribution in [0, 0.1) is 5.92 Å². The van der Waals surface area contributed by atoms with E-state index in [2.05, 4.69) is 227 Å². The molecule has 0 spiro atoms. The van der Waals surface area contributed by atoms with E-state index in [1.807, 2.05) is 0 Å². The molecule has 2 heterocycles. The molecule has 0 amide bonds. The molecule has 7 aromatic rings. The summed E-state index contributed by atoms with van der Waals surface area (Å²) in [5.74, 6) is 0.856. The maximum absolute atomic E-state index is 5.74. The molecule has 0 fully saturated rings. The molecule has 63 heavy (non-hydrogen) atoms. The fourth-order valence-corrected chi connectivity index (χ4v) is 11.8. The molecule has 0 saturated carbocycles. The third-order valence-electron chi connectivity index (χ3n) is 15.4. The molecule has 5 aromatic carbocycles. The predicted octanol–water partition coefficient (Wildman–Crippen LogP) is 15.2. The molecular formula is C61H58N2. The molecule has 0 radical (unpaired) electrons. The molecule has 0 saturated heterocycles. The average molecular weight is 819 g/mol. The van der Waals surface area contributed by atoms with E-state index >= 15 is 0 Å². The van der Waals surface area contributed by atoms with Crippen molar-refractivity contribution in [3.8, 4) is 45.0 Å². The van der Waals surface area contributed by atoms with Crippen molar-refractivity contribution in [2.24, 2.45) is 5.92 Å². The Labute approximate surface area is 374 Å². The van der Waals surface area contributed by atoms with E-state index < -0.39 is 5.41 Å². The molecule has 2 nitrogen and oxygen atoms in total. The quantitative estimate of drug-likeness (QED) is 0.177. The molecule has 312 valence electrons. The summed E-state index contributed by atoms with van der Waals surface area (Å²) in [6, 6.07) is 51.0. The topological polar surface area (TPSA) is 25.8 Å². The fourth-order valence-electron chi connectivity index (χ4n) is 11.8. The summed E-state index contributed by atoms with van der Waals surface area (Å²) in [6.07, 6.45) is 9.22. The lowest BCUT2D eigenvalue weighted by atomic mass is 9.67. The lowest BCUT2D eigenvalue weighted by Gasteiger charge is -2.34. The standard InChI is InChI=1S/C61H58N2/c1-57(2,3)39-21-25-41(26-22-39)61(42-27-23-40(24-28-42)58(4,5)6)49-31-33-53(37-19-29-45-43-15-11-13-17-47(43)59(7,8)51(45)35-37)62-55(49)56-50(61)32-34-54(63-56)38-20-30-46-44-16-12-14-18-48(44)60(9,10)52(46)36-38/h11-36,43,47H,1-10H3. The molecule has 2 heteroatoms. The van der Waals surface area contributed by atoms with Crippen molar-refractivity contribution in [1.82, 2.24) is 9.97 Å². The van der Waals surface area contributed by atoms with Gasteiger partial charge in [0, 0.05) is 22.5 Å². The van der Waals surface area contributed by atoms with Gasteiger partial charge in [0.2, 0.25) is 0 Å². The Hall–Kier alpha value is -6.12. The Morgan fingerprint density at radius 2 is 0.968 bits per heavy atom. The first-order chi connectivity index (χ1) is 30.0. The minimum absolute atomic E-state index is 0.0104. The first kappa shape index (κ1) is 39.7. The number of pyridine rings is 2. The summed E-state index contributed by atoms with van der Waals surface area (Å²) >= 11 is 0. The van der Waals surface area contributed by atoms with Crippen LogP contribution in [-0.2, 0) is 27.1 Å². The summed E-state index contributed by atoms with van der Waals surface area (Å²) in [4.78, 5) is 11.5. The van der Waals surface area contributed by atoms with Crippen molar-refractivity contribution in [2.75, 3.05) is 0 Å². The lowest BCUT2D eigenvalue weighted by Crippen LogP contribution is -2.29. The SMILES string of the molecule is CC(C)(C)c1ccc(C2(c3ccc(C(C)(C)C)cc3)c3ccc(-c4ccc5c(c4)C(C)(C)c4ccccc4-5)nc3-c3nc(-c4ccc5c(c4)C(C)(C)C4C=CC=CC54)ccc32)cc1. The zero-order valence-corrected chi connectivity index (χ0v) is 38.6. The number of nitrogens with zero attached hydrogens (tertiary/aromatic N) is 2. The van der Waals surface area contributed by atoms with E-state index in [9.17, 15) is 0 Å². The second kappa shape index (κ2) is 13.4. The highest BCUT2D eigenvalue weighted by Gasteiger charge is 2.49. The lowest BCUT2D eigenvalue weighted by molar-refractivity contribution is 0.394. The van der Waals surface area contributed by atoms with Crippen LogP contribution in [0.2, 0.25) is 0 Å². The number of fused-ring (bicyclic) bond motifs is 9. The number of aromatic nitrogens is 2. The number of benzene rings is 5. The molecule has 2 atom stereocenters. The Morgan fingerprint density at radius 3 is 1.54 bits per heavy atom. The molecule has 0 aliphatic heterocycles. The highest BCUT2D eigenvalue weighted by molar-refractivity contribution is 5.87. The van der Waals surface area contributed by atoms with Gasteiger partial charge in [-0.15, -0.1) is 0 Å². The second-order valence-electron chi connectivity index (χ2n) is 21.9. The molecule has 2 aromatic heterocycles. The summed E-state index contributed by atoms with van der Waals surface area (Å²) in [5.41, 5.74) is 21.1. The first-order valence-corrected chi connectivity index (χ1v) is 23.0. The fraction of sp³-hybridized carbons (Fsp3) is 0.279. The van der Waals surface area contributed by atoms with Crippen molar-refractivity contribution in [3.05, 3.63) is 213 Å². The average Bonchev–Trinajstić information content (AvgIpc) is 3.79. The van der Waals surface area contributed by atoms with Crippen LogP contribution >= 0.6 is 0 Å². The molecule has 11 rings (SSSR count). The third-order valence-corrected chi connectivity index (χ3v) is 15.4. The first-order valence-electron chi connectivity index (χ1n) is 23.0. The largest absolute Gasteiger partial charge is 0.246 e. The van der Waals surface area contributed by atoms with Gasteiger partial charge in [0.1, 0.15) is 0 Å².